The molecule has 0 radical (unpaired) electrons. The molecular weight excluding hydrogens is 397 g/mol. The molecule has 0 spiro atoms. The number of hydrogen-bond donors (Lipinski definition) is 2. The Kier molecular flexibility index (Phi) is 6.59. The lowest BCUT2D eigenvalue weighted by Gasteiger charge is -2.12. The lowest BCUT2D eigenvalue weighted by molar-refractivity contribution is 0.752. The van der Waals surface area contributed by atoms with E-state index < -0.39 is 0 Å². The van der Waals surface area contributed by atoms with Crippen molar-refractivity contribution >= 4 is 29.2 Å². The lowest BCUT2D eigenvalue weighted by Crippen LogP contribution is -2.37. The van der Waals surface area contributed by atoms with Gasteiger partial charge in [-0.2, -0.15) is 0 Å². The minimum Gasteiger partial charge on any atom is -0.357 e. The van der Waals surface area contributed by atoms with Gasteiger partial charge in [0.15, 0.2) is 5.96 Å². The summed E-state index contributed by atoms with van der Waals surface area (Å²) in [6.07, 6.45) is 5.49. The van der Waals surface area contributed by atoms with Gasteiger partial charge >= 0.3 is 0 Å². The van der Waals surface area contributed by atoms with Gasteiger partial charge in [-0.1, -0.05) is 29.3 Å². The van der Waals surface area contributed by atoms with Crippen molar-refractivity contribution in [1.82, 2.24) is 29.7 Å². The zero-order valence-corrected chi connectivity index (χ0v) is 17.6. The first kappa shape index (κ1) is 20.2. The topological polar surface area (TPSA) is 72.1 Å². The second kappa shape index (κ2) is 9.12. The Balaban J connectivity index is 1.65. The smallest absolute Gasteiger partial charge is 0.191 e. The fourth-order valence-electron chi connectivity index (χ4n) is 2.72. The third-order valence-corrected chi connectivity index (χ3v) is 5.14. The highest BCUT2D eigenvalue weighted by atomic mass is 35.5. The fourth-order valence-corrected chi connectivity index (χ4v) is 3.13. The fraction of sp³-hybridized carbons (Fsp3) is 0.316. The Labute approximate surface area is 174 Å². The Morgan fingerprint density at radius 2 is 2.04 bits per heavy atom. The second-order valence-corrected chi connectivity index (χ2v) is 7.02. The molecule has 0 aromatic carbocycles. The van der Waals surface area contributed by atoms with Crippen LogP contribution in [0.15, 0.2) is 41.8 Å². The molecule has 0 saturated heterocycles. The number of aliphatic imine (C=N–C) groups is 1. The number of nitrogens with one attached hydrogen (secondary N) is 2. The molecule has 0 fully saturated rings. The molecule has 2 N–H and O–H groups in total. The molecule has 3 aromatic rings. The molecule has 3 heterocycles. The van der Waals surface area contributed by atoms with Crippen LogP contribution in [0.3, 0.4) is 0 Å². The largest absolute Gasteiger partial charge is 0.357 e. The van der Waals surface area contributed by atoms with Gasteiger partial charge in [-0.25, -0.2) is 15.0 Å². The van der Waals surface area contributed by atoms with Crippen LogP contribution in [-0.2, 0) is 20.1 Å². The molecule has 0 atom stereocenters. The van der Waals surface area contributed by atoms with Crippen LogP contribution >= 0.6 is 23.2 Å². The monoisotopic (exact) mass is 419 g/mol. The van der Waals surface area contributed by atoms with Gasteiger partial charge in [0.1, 0.15) is 16.8 Å². The third kappa shape index (κ3) is 4.66. The molecule has 0 aliphatic carbocycles. The molecule has 0 unspecified atom stereocenters. The first-order chi connectivity index (χ1) is 13.5. The van der Waals surface area contributed by atoms with Crippen molar-refractivity contribution in [3.63, 3.8) is 0 Å². The third-order valence-electron chi connectivity index (χ3n) is 4.30. The predicted octanol–water partition coefficient (Wildman–Crippen LogP) is 3.48. The number of guanidine groups is 1. The Morgan fingerprint density at radius 1 is 1.21 bits per heavy atom. The number of aryl methyl sites for hydroxylation is 1. The molecule has 148 valence electrons. The maximum absolute atomic E-state index is 6.12. The van der Waals surface area contributed by atoms with Crippen molar-refractivity contribution < 1.29 is 0 Å². The van der Waals surface area contributed by atoms with Crippen LogP contribution in [0.1, 0.15) is 24.0 Å². The van der Waals surface area contributed by atoms with E-state index in [9.17, 15) is 0 Å². The molecule has 3 aromatic heterocycles. The highest BCUT2D eigenvalue weighted by Crippen LogP contribution is 2.24. The number of imidazole rings is 1. The molecular formula is C19H23Cl2N7. The van der Waals surface area contributed by atoms with E-state index >= 15 is 0 Å². The SMILES string of the molecule is CCNC(=NCc1ccc(-n2ccnc2C)nc1)NCc1cc(Cl)c(Cl)n1C. The Morgan fingerprint density at radius 3 is 2.61 bits per heavy atom. The van der Waals surface area contributed by atoms with Gasteiger partial charge in [-0.15, -0.1) is 0 Å². The number of nitrogens with zero attached hydrogens (tertiary/aromatic N) is 5. The molecule has 0 bridgehead atoms. The molecule has 0 saturated carbocycles. The second-order valence-electron chi connectivity index (χ2n) is 6.25. The van der Waals surface area contributed by atoms with Crippen molar-refractivity contribution in [3.05, 3.63) is 64.0 Å². The average molecular weight is 420 g/mol. The summed E-state index contributed by atoms with van der Waals surface area (Å²) < 4.78 is 3.79. The predicted molar refractivity (Wildman–Crippen MR) is 113 cm³/mol. The normalized spacial score (nSPS) is 11.7. The van der Waals surface area contributed by atoms with Gasteiger partial charge in [-0.3, -0.25) is 4.57 Å². The van der Waals surface area contributed by atoms with Gasteiger partial charge in [0.25, 0.3) is 0 Å². The molecule has 9 heteroatoms. The van der Waals surface area contributed by atoms with Crippen molar-refractivity contribution in [2.24, 2.45) is 12.0 Å². The van der Waals surface area contributed by atoms with Gasteiger partial charge in [-0.05, 0) is 31.5 Å². The van der Waals surface area contributed by atoms with E-state index in [0.717, 1.165) is 29.4 Å². The van der Waals surface area contributed by atoms with Crippen molar-refractivity contribution in [2.75, 3.05) is 6.54 Å². The van der Waals surface area contributed by atoms with E-state index in [1.165, 1.54) is 0 Å². The van der Waals surface area contributed by atoms with E-state index in [4.69, 9.17) is 23.2 Å². The van der Waals surface area contributed by atoms with Crippen LogP contribution in [0.4, 0.5) is 0 Å². The molecule has 7 nitrogen and oxygen atoms in total. The summed E-state index contributed by atoms with van der Waals surface area (Å²) >= 11 is 12.2. The standard InChI is InChI=1S/C19H23Cl2N7/c1-4-22-19(26-12-15-9-16(20)18(21)27(15)3)25-11-14-5-6-17(24-10-14)28-8-7-23-13(28)2/h5-10H,4,11-12H2,1-3H3,(H2,22,25,26). The van der Waals surface area contributed by atoms with Gasteiger partial charge < -0.3 is 15.2 Å². The van der Waals surface area contributed by atoms with Crippen molar-refractivity contribution in [2.45, 2.75) is 26.9 Å². The van der Waals surface area contributed by atoms with Crippen LogP contribution in [0.25, 0.3) is 5.82 Å². The summed E-state index contributed by atoms with van der Waals surface area (Å²) in [5, 5.41) is 7.61. The highest BCUT2D eigenvalue weighted by Gasteiger charge is 2.09. The summed E-state index contributed by atoms with van der Waals surface area (Å²) in [6, 6.07) is 5.83. The van der Waals surface area contributed by atoms with Crippen LogP contribution in [-0.4, -0.2) is 31.6 Å². The zero-order valence-electron chi connectivity index (χ0n) is 16.1. The average Bonchev–Trinajstić information content (AvgIpc) is 3.23. The molecule has 3 rings (SSSR count). The van der Waals surface area contributed by atoms with Crippen LogP contribution < -0.4 is 10.6 Å². The maximum atomic E-state index is 6.12. The zero-order chi connectivity index (χ0) is 20.1. The van der Waals surface area contributed by atoms with E-state index in [1.807, 2.05) is 60.6 Å². The summed E-state index contributed by atoms with van der Waals surface area (Å²) in [5.74, 6) is 2.45. The van der Waals surface area contributed by atoms with Crippen molar-refractivity contribution in [3.8, 4) is 5.82 Å². The van der Waals surface area contributed by atoms with Crippen molar-refractivity contribution in [1.29, 1.82) is 0 Å². The van der Waals surface area contributed by atoms with E-state index in [2.05, 4.69) is 25.6 Å². The lowest BCUT2D eigenvalue weighted by atomic mass is 10.3. The summed E-state index contributed by atoms with van der Waals surface area (Å²) in [4.78, 5) is 13.4. The Bertz CT molecular complexity index is 957. The minimum absolute atomic E-state index is 0.514. The van der Waals surface area contributed by atoms with E-state index in [-0.39, 0.29) is 0 Å². The highest BCUT2D eigenvalue weighted by molar-refractivity contribution is 6.41. The summed E-state index contributed by atoms with van der Waals surface area (Å²) in [7, 11) is 1.88. The molecule has 0 aliphatic heterocycles. The Hall–Kier alpha value is -2.51. The minimum atomic E-state index is 0.514. The van der Waals surface area contributed by atoms with Gasteiger partial charge in [0, 0.05) is 37.9 Å². The van der Waals surface area contributed by atoms with E-state index in [0.29, 0.717) is 29.2 Å². The van der Waals surface area contributed by atoms with E-state index in [1.54, 1.807) is 6.20 Å². The first-order valence-electron chi connectivity index (χ1n) is 8.96. The molecule has 0 amide bonds. The maximum Gasteiger partial charge on any atom is 0.191 e. The van der Waals surface area contributed by atoms with Gasteiger partial charge in [0.05, 0.1) is 18.1 Å². The van der Waals surface area contributed by atoms with Crippen LogP contribution in [0.2, 0.25) is 10.2 Å². The van der Waals surface area contributed by atoms with Crippen LogP contribution in [0, 0.1) is 6.92 Å². The molecule has 0 aliphatic rings. The number of halogens is 2. The van der Waals surface area contributed by atoms with Gasteiger partial charge in [0.2, 0.25) is 0 Å². The van der Waals surface area contributed by atoms with Crippen LogP contribution in [0.5, 0.6) is 0 Å². The number of hydrogen-bond acceptors (Lipinski definition) is 3. The number of pyridine rings is 1. The summed E-state index contributed by atoms with van der Waals surface area (Å²) in [5.41, 5.74) is 1.99. The number of aromatic nitrogens is 4. The quantitative estimate of drug-likeness (QED) is 0.473. The number of rotatable bonds is 6. The summed E-state index contributed by atoms with van der Waals surface area (Å²) in [6.45, 7) is 5.81. The molecule has 28 heavy (non-hydrogen) atoms. The first-order valence-corrected chi connectivity index (χ1v) is 9.72.